The first kappa shape index (κ1) is 17.8. The number of ether oxygens (including phenoxy) is 1. The zero-order valence-electron chi connectivity index (χ0n) is 14.0. The molecule has 0 aliphatic carbocycles. The standard InChI is InChI=1S/C18H18ClN5O2/c1-22-18(21)24-17(25)16-8-13-14(19)6-12(7-15(13)23-16)26-11-4-2-3-10(5-11)9-20/h2-8,23H,9,20H2,1H3,(H3,21,22,24,25). The highest BCUT2D eigenvalue weighted by Gasteiger charge is 2.13. The minimum atomic E-state index is -0.498. The van der Waals surface area contributed by atoms with Crippen molar-refractivity contribution < 1.29 is 9.53 Å². The van der Waals surface area contributed by atoms with Crippen molar-refractivity contribution in [3.8, 4) is 11.5 Å². The van der Waals surface area contributed by atoms with Crippen molar-refractivity contribution >= 4 is 34.4 Å². The first-order valence-electron chi connectivity index (χ1n) is 7.85. The number of hydrogen-bond acceptors (Lipinski definition) is 3. The highest BCUT2D eigenvalue weighted by Crippen LogP contribution is 2.32. The Balaban J connectivity index is 1.93. The van der Waals surface area contributed by atoms with Crippen LogP contribution in [0.4, 0.5) is 0 Å². The molecule has 6 N–H and O–H groups in total. The van der Waals surface area contributed by atoms with Crippen LogP contribution in [0.3, 0.4) is 0 Å². The number of aromatic nitrogens is 1. The fourth-order valence-electron chi connectivity index (χ4n) is 2.44. The van der Waals surface area contributed by atoms with E-state index in [1.807, 2.05) is 24.3 Å². The largest absolute Gasteiger partial charge is 0.457 e. The molecule has 1 amide bonds. The summed E-state index contributed by atoms with van der Waals surface area (Å²) in [5, 5.41) is 3.74. The van der Waals surface area contributed by atoms with Crippen LogP contribution >= 0.6 is 11.6 Å². The maximum atomic E-state index is 12.1. The van der Waals surface area contributed by atoms with Crippen LogP contribution in [0.25, 0.3) is 10.9 Å². The molecule has 0 aliphatic heterocycles. The Morgan fingerprint density at radius 3 is 2.81 bits per heavy atom. The van der Waals surface area contributed by atoms with E-state index in [1.54, 1.807) is 25.2 Å². The number of H-pyrrole nitrogens is 1. The van der Waals surface area contributed by atoms with Gasteiger partial charge < -0.3 is 26.5 Å². The van der Waals surface area contributed by atoms with Crippen LogP contribution < -0.4 is 21.5 Å². The van der Waals surface area contributed by atoms with Gasteiger partial charge in [-0.3, -0.25) is 4.79 Å². The minimum Gasteiger partial charge on any atom is -0.457 e. The number of nitrogens with one attached hydrogen (secondary N) is 2. The molecule has 0 radical (unpaired) electrons. The Labute approximate surface area is 155 Å². The lowest BCUT2D eigenvalue weighted by Crippen LogP contribution is -2.28. The Morgan fingerprint density at radius 2 is 2.08 bits per heavy atom. The number of fused-ring (bicyclic) bond motifs is 1. The van der Waals surface area contributed by atoms with Gasteiger partial charge in [0.15, 0.2) is 5.96 Å². The van der Waals surface area contributed by atoms with Crippen LogP contribution in [0, 0.1) is 0 Å². The summed E-state index contributed by atoms with van der Waals surface area (Å²) in [6.45, 7) is 0.426. The Hall–Kier alpha value is -3.03. The van der Waals surface area contributed by atoms with Crippen molar-refractivity contribution in [3.63, 3.8) is 0 Å². The smallest absolute Gasteiger partial charge is 0.296 e. The Morgan fingerprint density at radius 1 is 1.27 bits per heavy atom. The lowest BCUT2D eigenvalue weighted by molar-refractivity contribution is 0.0998. The van der Waals surface area contributed by atoms with Crippen LogP contribution in [0.5, 0.6) is 11.5 Å². The molecule has 0 aliphatic rings. The Kier molecular flexibility index (Phi) is 5.11. The summed E-state index contributed by atoms with van der Waals surface area (Å²) in [7, 11) is 1.58. The predicted octanol–water partition coefficient (Wildman–Crippen LogP) is 2.75. The van der Waals surface area contributed by atoms with Crippen molar-refractivity contribution in [1.82, 2.24) is 10.3 Å². The van der Waals surface area contributed by atoms with Gasteiger partial charge >= 0.3 is 0 Å². The summed E-state index contributed by atoms with van der Waals surface area (Å²) in [6.07, 6.45) is 0. The van der Waals surface area contributed by atoms with E-state index in [0.29, 0.717) is 34.0 Å². The summed E-state index contributed by atoms with van der Waals surface area (Å²) in [5.41, 5.74) is 13.1. The van der Waals surface area contributed by atoms with Gasteiger partial charge in [0.2, 0.25) is 0 Å². The van der Waals surface area contributed by atoms with Gasteiger partial charge in [-0.2, -0.15) is 4.99 Å². The molecule has 0 bridgehead atoms. The van der Waals surface area contributed by atoms with Gasteiger partial charge in [-0.1, -0.05) is 23.7 Å². The quantitative estimate of drug-likeness (QED) is 0.415. The summed E-state index contributed by atoms with van der Waals surface area (Å²) in [5.74, 6) is 0.721. The van der Waals surface area contributed by atoms with Crippen molar-refractivity contribution in [2.24, 2.45) is 16.5 Å². The molecule has 1 heterocycles. The van der Waals surface area contributed by atoms with Crippen LogP contribution in [0.1, 0.15) is 16.1 Å². The normalized spacial score (nSPS) is 11.6. The van der Waals surface area contributed by atoms with Gasteiger partial charge in [0, 0.05) is 31.1 Å². The maximum absolute atomic E-state index is 12.1. The minimum absolute atomic E-state index is 0.0311. The fraction of sp³-hybridized carbons (Fsp3) is 0.111. The molecule has 26 heavy (non-hydrogen) atoms. The number of nitrogens with two attached hydrogens (primary N) is 2. The number of aliphatic imine (C=N–C) groups is 1. The maximum Gasteiger partial charge on any atom is 0.296 e. The number of carbonyl (C=O) groups is 1. The molecule has 0 atom stereocenters. The van der Waals surface area contributed by atoms with Gasteiger partial charge in [-0.25, -0.2) is 0 Å². The molecule has 2 aromatic carbocycles. The number of rotatable bonds is 4. The van der Waals surface area contributed by atoms with Crippen LogP contribution in [0.15, 0.2) is 47.5 Å². The first-order valence-corrected chi connectivity index (χ1v) is 8.23. The number of aromatic amines is 1. The molecule has 1 aromatic heterocycles. The molecular weight excluding hydrogens is 354 g/mol. The van der Waals surface area contributed by atoms with E-state index in [9.17, 15) is 4.79 Å². The highest BCUT2D eigenvalue weighted by atomic mass is 35.5. The summed E-state index contributed by atoms with van der Waals surface area (Å²) in [6, 6.07) is 12.6. The second-order valence-corrected chi connectivity index (χ2v) is 5.96. The third kappa shape index (κ3) is 3.79. The molecule has 0 saturated heterocycles. The zero-order chi connectivity index (χ0) is 18.7. The number of guanidine groups is 1. The first-order chi connectivity index (χ1) is 12.5. The molecule has 3 aromatic rings. The number of carbonyl (C=O) groups excluding carboxylic acids is 1. The molecule has 0 fully saturated rings. The zero-order valence-corrected chi connectivity index (χ0v) is 14.8. The third-order valence-corrected chi connectivity index (χ3v) is 4.05. The second kappa shape index (κ2) is 7.47. The summed E-state index contributed by atoms with van der Waals surface area (Å²) >= 11 is 6.33. The molecule has 134 valence electrons. The van der Waals surface area contributed by atoms with E-state index < -0.39 is 5.91 Å². The third-order valence-electron chi connectivity index (χ3n) is 3.74. The topological polar surface area (TPSA) is 119 Å². The summed E-state index contributed by atoms with van der Waals surface area (Å²) in [4.78, 5) is 18.8. The van der Waals surface area contributed by atoms with E-state index in [0.717, 1.165) is 5.56 Å². The molecule has 0 spiro atoms. The average molecular weight is 372 g/mol. The van der Waals surface area contributed by atoms with E-state index >= 15 is 0 Å². The second-order valence-electron chi connectivity index (χ2n) is 5.56. The SMILES string of the molecule is CNC(N)=NC(=O)c1cc2c(Cl)cc(Oc3cccc(CN)c3)cc2[nH]1. The summed E-state index contributed by atoms with van der Waals surface area (Å²) < 4.78 is 5.86. The number of halogens is 1. The molecule has 0 saturated carbocycles. The van der Waals surface area contributed by atoms with Crippen LogP contribution in [0.2, 0.25) is 5.02 Å². The monoisotopic (exact) mass is 371 g/mol. The van der Waals surface area contributed by atoms with Crippen molar-refractivity contribution in [2.75, 3.05) is 7.05 Å². The van der Waals surface area contributed by atoms with Gasteiger partial charge in [0.1, 0.15) is 17.2 Å². The van der Waals surface area contributed by atoms with Gasteiger partial charge in [-0.05, 0) is 23.8 Å². The van der Waals surface area contributed by atoms with Gasteiger partial charge in [0.05, 0.1) is 10.5 Å². The highest BCUT2D eigenvalue weighted by molar-refractivity contribution is 6.35. The number of benzene rings is 2. The number of nitrogens with zero attached hydrogens (tertiary/aromatic N) is 1. The van der Waals surface area contributed by atoms with E-state index in [-0.39, 0.29) is 11.7 Å². The van der Waals surface area contributed by atoms with Gasteiger partial charge in [-0.15, -0.1) is 0 Å². The number of hydrogen-bond donors (Lipinski definition) is 4. The Bertz CT molecular complexity index is 996. The van der Waals surface area contributed by atoms with Crippen molar-refractivity contribution in [1.29, 1.82) is 0 Å². The fourth-order valence-corrected chi connectivity index (χ4v) is 2.70. The van der Waals surface area contributed by atoms with Crippen LogP contribution in [-0.4, -0.2) is 23.9 Å². The van der Waals surface area contributed by atoms with E-state index in [2.05, 4.69) is 15.3 Å². The lowest BCUT2D eigenvalue weighted by Gasteiger charge is -2.08. The molecule has 7 nitrogen and oxygen atoms in total. The van der Waals surface area contributed by atoms with Gasteiger partial charge in [0.25, 0.3) is 5.91 Å². The average Bonchev–Trinajstić information content (AvgIpc) is 3.06. The lowest BCUT2D eigenvalue weighted by atomic mass is 10.2. The van der Waals surface area contributed by atoms with Crippen molar-refractivity contribution in [3.05, 3.63) is 58.7 Å². The molecule has 0 unspecified atom stereocenters. The van der Waals surface area contributed by atoms with Crippen LogP contribution in [-0.2, 0) is 6.54 Å². The molecular formula is C18H18ClN5O2. The predicted molar refractivity (Wildman–Crippen MR) is 103 cm³/mol. The van der Waals surface area contributed by atoms with E-state index in [4.69, 9.17) is 27.8 Å². The van der Waals surface area contributed by atoms with E-state index in [1.165, 1.54) is 0 Å². The molecule has 3 rings (SSSR count). The van der Waals surface area contributed by atoms with Crippen molar-refractivity contribution in [2.45, 2.75) is 6.54 Å². The number of amides is 1. The molecule has 8 heteroatoms.